The van der Waals surface area contributed by atoms with Crippen LogP contribution in [0.4, 0.5) is 4.39 Å². The molecule has 0 atom stereocenters. The number of carbonyl (C=O) groups excluding carboxylic acids is 1. The normalized spacial score (nSPS) is 11.1. The predicted octanol–water partition coefficient (Wildman–Crippen LogP) is 2.57. The van der Waals surface area contributed by atoms with E-state index >= 15 is 0 Å². The number of ether oxygens (including phenoxy) is 2. The van der Waals surface area contributed by atoms with E-state index in [9.17, 15) is 9.18 Å². The Balaban J connectivity index is 2.93. The molecule has 1 aromatic carbocycles. The summed E-state index contributed by atoms with van der Waals surface area (Å²) in [6, 6.07) is 6.83. The molecule has 3 nitrogen and oxygen atoms in total. The molecule has 0 aliphatic heterocycles. The van der Waals surface area contributed by atoms with Crippen LogP contribution in [0.2, 0.25) is 0 Å². The highest BCUT2D eigenvalue weighted by atomic mass is 19.1. The molecule has 86 valence electrons. The Labute approximate surface area is 93.5 Å². The topological polar surface area (TPSA) is 35.5 Å². The number of carbonyl (C=O) groups is 1. The van der Waals surface area contributed by atoms with Crippen molar-refractivity contribution in [2.45, 2.75) is 6.92 Å². The molecule has 1 aromatic rings. The monoisotopic (exact) mass is 224 g/mol. The fourth-order valence-corrected chi connectivity index (χ4v) is 1.18. The second-order valence-corrected chi connectivity index (χ2v) is 2.95. The van der Waals surface area contributed by atoms with Crippen molar-refractivity contribution in [2.75, 3.05) is 13.7 Å². The minimum Gasteiger partial charge on any atom is -0.496 e. The zero-order valence-corrected chi connectivity index (χ0v) is 9.20. The third-order valence-electron chi connectivity index (χ3n) is 1.89. The summed E-state index contributed by atoms with van der Waals surface area (Å²) in [5, 5.41) is 0. The van der Waals surface area contributed by atoms with Crippen LogP contribution in [0.3, 0.4) is 0 Å². The lowest BCUT2D eigenvalue weighted by Gasteiger charge is -2.04. The Kier molecular flexibility index (Phi) is 4.51. The Morgan fingerprint density at radius 2 is 2.12 bits per heavy atom. The van der Waals surface area contributed by atoms with E-state index in [4.69, 9.17) is 4.74 Å². The Morgan fingerprint density at radius 3 is 2.75 bits per heavy atom. The number of hydrogen-bond acceptors (Lipinski definition) is 3. The molecule has 1 rings (SSSR count). The van der Waals surface area contributed by atoms with E-state index in [1.807, 2.05) is 0 Å². The second-order valence-electron chi connectivity index (χ2n) is 2.95. The number of hydrogen-bond donors (Lipinski definition) is 0. The van der Waals surface area contributed by atoms with E-state index in [1.54, 1.807) is 31.2 Å². The molecule has 0 aliphatic carbocycles. The van der Waals surface area contributed by atoms with Gasteiger partial charge in [-0.2, -0.15) is 4.39 Å². The van der Waals surface area contributed by atoms with Crippen molar-refractivity contribution in [1.29, 1.82) is 0 Å². The van der Waals surface area contributed by atoms with Gasteiger partial charge in [0.25, 0.3) is 0 Å². The van der Waals surface area contributed by atoms with E-state index in [0.29, 0.717) is 11.3 Å². The molecular formula is C12H13FO3. The van der Waals surface area contributed by atoms with Crippen LogP contribution in [0.15, 0.2) is 30.1 Å². The highest BCUT2D eigenvalue weighted by molar-refractivity contribution is 5.91. The van der Waals surface area contributed by atoms with Crippen molar-refractivity contribution in [2.24, 2.45) is 0 Å². The summed E-state index contributed by atoms with van der Waals surface area (Å²) in [5.74, 6) is -1.40. The maximum atomic E-state index is 13.3. The van der Waals surface area contributed by atoms with E-state index in [1.165, 1.54) is 7.11 Å². The number of methoxy groups -OCH3 is 1. The molecule has 0 saturated carbocycles. The van der Waals surface area contributed by atoms with Gasteiger partial charge in [-0.3, -0.25) is 0 Å². The first-order valence-corrected chi connectivity index (χ1v) is 4.86. The number of halogens is 1. The first-order chi connectivity index (χ1) is 7.69. The summed E-state index contributed by atoms with van der Waals surface area (Å²) >= 11 is 0. The van der Waals surface area contributed by atoms with Gasteiger partial charge in [0.2, 0.25) is 5.83 Å². The summed E-state index contributed by atoms with van der Waals surface area (Å²) in [5.41, 5.74) is 0.496. The summed E-state index contributed by atoms with van der Waals surface area (Å²) in [6.07, 6.45) is 1.09. The van der Waals surface area contributed by atoms with Gasteiger partial charge in [-0.25, -0.2) is 4.79 Å². The van der Waals surface area contributed by atoms with Gasteiger partial charge in [-0.1, -0.05) is 18.2 Å². The van der Waals surface area contributed by atoms with E-state index in [-0.39, 0.29) is 6.61 Å². The fraction of sp³-hybridized carbons (Fsp3) is 0.250. The summed E-state index contributed by atoms with van der Waals surface area (Å²) in [4.78, 5) is 11.0. The van der Waals surface area contributed by atoms with Crippen LogP contribution in [0.25, 0.3) is 6.08 Å². The molecule has 0 N–H and O–H groups in total. The van der Waals surface area contributed by atoms with Crippen LogP contribution >= 0.6 is 0 Å². The number of rotatable bonds is 4. The number of esters is 1. The standard InChI is InChI=1S/C12H13FO3/c1-3-16-12(14)10(13)8-9-6-4-5-7-11(9)15-2/h4-8H,3H2,1-2H3/b10-8+. The molecule has 0 amide bonds. The van der Waals surface area contributed by atoms with Crippen molar-refractivity contribution < 1.29 is 18.7 Å². The highest BCUT2D eigenvalue weighted by Gasteiger charge is 2.10. The van der Waals surface area contributed by atoms with Crippen molar-refractivity contribution in [3.63, 3.8) is 0 Å². The molecule has 16 heavy (non-hydrogen) atoms. The molecule has 4 heteroatoms. The Morgan fingerprint density at radius 1 is 1.44 bits per heavy atom. The fourth-order valence-electron chi connectivity index (χ4n) is 1.18. The Bertz CT molecular complexity index is 399. The van der Waals surface area contributed by atoms with Gasteiger partial charge in [-0.15, -0.1) is 0 Å². The van der Waals surface area contributed by atoms with Crippen molar-refractivity contribution in [1.82, 2.24) is 0 Å². The van der Waals surface area contributed by atoms with Crippen molar-refractivity contribution in [3.8, 4) is 5.75 Å². The number of benzene rings is 1. The first-order valence-electron chi connectivity index (χ1n) is 4.86. The van der Waals surface area contributed by atoms with Crippen molar-refractivity contribution in [3.05, 3.63) is 35.7 Å². The second kappa shape index (κ2) is 5.90. The average Bonchev–Trinajstić information content (AvgIpc) is 2.30. The largest absolute Gasteiger partial charge is 0.496 e. The molecule has 0 aromatic heterocycles. The molecule has 0 saturated heterocycles. The minimum atomic E-state index is -0.964. The summed E-state index contributed by atoms with van der Waals surface area (Å²) in [7, 11) is 1.48. The van der Waals surface area contributed by atoms with Crippen LogP contribution in [-0.2, 0) is 9.53 Å². The lowest BCUT2D eigenvalue weighted by Crippen LogP contribution is -2.04. The van der Waals surface area contributed by atoms with Crippen LogP contribution in [-0.4, -0.2) is 19.7 Å². The minimum absolute atomic E-state index is 0.145. The molecule has 0 bridgehead atoms. The van der Waals surface area contributed by atoms with Gasteiger partial charge in [0.15, 0.2) is 0 Å². The van der Waals surface area contributed by atoms with Crippen LogP contribution in [0.1, 0.15) is 12.5 Å². The smallest absolute Gasteiger partial charge is 0.367 e. The van der Waals surface area contributed by atoms with Crippen LogP contribution < -0.4 is 4.74 Å². The van der Waals surface area contributed by atoms with Gasteiger partial charge < -0.3 is 9.47 Å². The third kappa shape index (κ3) is 3.08. The van der Waals surface area contributed by atoms with Gasteiger partial charge in [0, 0.05) is 5.56 Å². The van der Waals surface area contributed by atoms with Gasteiger partial charge >= 0.3 is 5.97 Å². The highest BCUT2D eigenvalue weighted by Crippen LogP contribution is 2.21. The van der Waals surface area contributed by atoms with Crippen molar-refractivity contribution >= 4 is 12.0 Å². The van der Waals surface area contributed by atoms with Gasteiger partial charge in [0.05, 0.1) is 13.7 Å². The maximum Gasteiger partial charge on any atom is 0.367 e. The molecule has 0 aliphatic rings. The molecule has 0 heterocycles. The summed E-state index contributed by atoms with van der Waals surface area (Å²) in [6.45, 7) is 1.76. The average molecular weight is 224 g/mol. The quantitative estimate of drug-likeness (QED) is 0.582. The van der Waals surface area contributed by atoms with Crippen LogP contribution in [0, 0.1) is 0 Å². The summed E-state index contributed by atoms with van der Waals surface area (Å²) < 4.78 is 22.9. The van der Waals surface area contributed by atoms with E-state index in [0.717, 1.165) is 6.08 Å². The third-order valence-corrected chi connectivity index (χ3v) is 1.89. The van der Waals surface area contributed by atoms with Gasteiger partial charge in [-0.05, 0) is 19.1 Å². The SMILES string of the molecule is CCOC(=O)/C(F)=C\c1ccccc1OC. The Hall–Kier alpha value is -1.84. The molecule has 0 radical (unpaired) electrons. The van der Waals surface area contributed by atoms with E-state index in [2.05, 4.69) is 4.74 Å². The molecule has 0 unspecified atom stereocenters. The molecular weight excluding hydrogens is 211 g/mol. The zero-order chi connectivity index (χ0) is 12.0. The number of para-hydroxylation sites is 1. The zero-order valence-electron chi connectivity index (χ0n) is 9.20. The van der Waals surface area contributed by atoms with E-state index < -0.39 is 11.8 Å². The van der Waals surface area contributed by atoms with Crippen LogP contribution in [0.5, 0.6) is 5.75 Å². The molecule has 0 spiro atoms. The lowest BCUT2D eigenvalue weighted by molar-refractivity contribution is -0.140. The predicted molar refractivity (Wildman–Crippen MR) is 58.7 cm³/mol. The van der Waals surface area contributed by atoms with Gasteiger partial charge in [0.1, 0.15) is 5.75 Å². The maximum absolute atomic E-state index is 13.3. The lowest BCUT2D eigenvalue weighted by atomic mass is 10.2. The molecule has 0 fully saturated rings. The first kappa shape index (κ1) is 12.2.